The van der Waals surface area contributed by atoms with Crippen LogP contribution in [0.3, 0.4) is 0 Å². The third-order valence-electron chi connectivity index (χ3n) is 11.5. The summed E-state index contributed by atoms with van der Waals surface area (Å²) < 4.78 is 6.98. The highest BCUT2D eigenvalue weighted by atomic mass is 16.3. The SMILES string of the molecule is C/C=C\C=C(/CC)c1ccccc1N(C1=C=C=CC=C1c1cccc(-c2cccc3c2oc2c4ccccc4c4ccccc4c32)c1)c1ccccc1-c1ccccc1. The van der Waals surface area contributed by atoms with E-state index in [-0.39, 0.29) is 0 Å². The van der Waals surface area contributed by atoms with Crippen molar-refractivity contribution in [2.24, 2.45) is 0 Å². The van der Waals surface area contributed by atoms with Crippen molar-refractivity contribution < 1.29 is 4.42 Å². The van der Waals surface area contributed by atoms with Crippen LogP contribution in [0.25, 0.3) is 76.9 Å². The monoisotopic (exact) mass is 755 g/mol. The molecule has 2 heteroatoms. The van der Waals surface area contributed by atoms with Crippen molar-refractivity contribution in [3.63, 3.8) is 0 Å². The predicted molar refractivity (Wildman–Crippen MR) is 251 cm³/mol. The fourth-order valence-electron chi connectivity index (χ4n) is 8.75. The predicted octanol–water partition coefficient (Wildman–Crippen LogP) is 16.0. The minimum Gasteiger partial charge on any atom is -0.455 e. The molecule has 9 aromatic rings. The normalized spacial score (nSPS) is 12.9. The summed E-state index contributed by atoms with van der Waals surface area (Å²) in [5.41, 5.74) is 20.8. The number of anilines is 2. The maximum atomic E-state index is 6.98. The number of rotatable bonds is 9. The number of allylic oxidation sites excluding steroid dienone is 7. The summed E-state index contributed by atoms with van der Waals surface area (Å²) in [7, 11) is 0. The summed E-state index contributed by atoms with van der Waals surface area (Å²) in [5.74, 6) is 0. The topological polar surface area (TPSA) is 16.4 Å². The largest absolute Gasteiger partial charge is 0.455 e. The second-order valence-electron chi connectivity index (χ2n) is 14.8. The molecule has 0 saturated heterocycles. The Labute approximate surface area is 345 Å². The molecule has 0 N–H and O–H groups in total. The van der Waals surface area contributed by atoms with Crippen LogP contribution >= 0.6 is 0 Å². The first-order valence-corrected chi connectivity index (χ1v) is 20.4. The number of fused-ring (bicyclic) bond motifs is 8. The van der Waals surface area contributed by atoms with Crippen LogP contribution in [0.2, 0.25) is 0 Å². The lowest BCUT2D eigenvalue weighted by atomic mass is 9.92. The zero-order chi connectivity index (χ0) is 39.7. The van der Waals surface area contributed by atoms with Gasteiger partial charge in [-0.2, -0.15) is 0 Å². The Morgan fingerprint density at radius 2 is 1.20 bits per heavy atom. The van der Waals surface area contributed by atoms with E-state index in [1.165, 1.54) is 27.3 Å². The molecule has 59 heavy (non-hydrogen) atoms. The molecule has 10 rings (SSSR count). The first-order valence-electron chi connectivity index (χ1n) is 20.4. The number of benzene rings is 8. The summed E-state index contributed by atoms with van der Waals surface area (Å²) >= 11 is 0. The smallest absolute Gasteiger partial charge is 0.143 e. The molecule has 0 atom stereocenters. The Bertz CT molecular complexity index is 3290. The number of hydrogen-bond acceptors (Lipinski definition) is 2. The third-order valence-corrected chi connectivity index (χ3v) is 11.5. The molecular formula is C57H41NO. The van der Waals surface area contributed by atoms with E-state index >= 15 is 0 Å². The molecule has 1 heterocycles. The fraction of sp³-hybridized carbons (Fsp3) is 0.0526. The summed E-state index contributed by atoms with van der Waals surface area (Å²) in [6.07, 6.45) is 11.5. The minimum atomic E-state index is 0.883. The maximum Gasteiger partial charge on any atom is 0.143 e. The Morgan fingerprint density at radius 1 is 0.576 bits per heavy atom. The molecule has 0 fully saturated rings. The van der Waals surface area contributed by atoms with Crippen LogP contribution in [0.15, 0.2) is 222 Å². The van der Waals surface area contributed by atoms with Gasteiger partial charge in [-0.1, -0.05) is 183 Å². The van der Waals surface area contributed by atoms with Crippen molar-refractivity contribution in [3.05, 3.63) is 229 Å². The molecule has 0 unspecified atom stereocenters. The molecule has 0 aliphatic heterocycles. The van der Waals surface area contributed by atoms with Gasteiger partial charge >= 0.3 is 0 Å². The Morgan fingerprint density at radius 3 is 2.02 bits per heavy atom. The molecule has 1 aliphatic carbocycles. The number of hydrogen-bond donors (Lipinski definition) is 0. The van der Waals surface area contributed by atoms with Crippen molar-refractivity contribution in [1.29, 1.82) is 0 Å². The number of para-hydroxylation sites is 3. The maximum absolute atomic E-state index is 6.98. The molecule has 1 aliphatic rings. The van der Waals surface area contributed by atoms with E-state index in [0.717, 1.165) is 84.2 Å². The van der Waals surface area contributed by atoms with E-state index in [9.17, 15) is 0 Å². The van der Waals surface area contributed by atoms with Crippen molar-refractivity contribution >= 4 is 66.0 Å². The average Bonchev–Trinajstić information content (AvgIpc) is 3.71. The van der Waals surface area contributed by atoms with Crippen LogP contribution in [-0.4, -0.2) is 0 Å². The van der Waals surface area contributed by atoms with Crippen LogP contribution < -0.4 is 4.90 Å². The third kappa shape index (κ3) is 6.25. The second-order valence-corrected chi connectivity index (χ2v) is 14.8. The second kappa shape index (κ2) is 15.4. The van der Waals surface area contributed by atoms with E-state index in [1.54, 1.807) is 0 Å². The molecule has 8 aromatic carbocycles. The molecule has 0 radical (unpaired) electrons. The highest BCUT2D eigenvalue weighted by molar-refractivity contribution is 6.31. The van der Waals surface area contributed by atoms with E-state index in [4.69, 9.17) is 4.42 Å². The average molecular weight is 756 g/mol. The molecule has 0 saturated carbocycles. The van der Waals surface area contributed by atoms with Crippen molar-refractivity contribution in [2.75, 3.05) is 4.90 Å². The molecule has 2 nitrogen and oxygen atoms in total. The van der Waals surface area contributed by atoms with Crippen LogP contribution in [0.4, 0.5) is 11.4 Å². The van der Waals surface area contributed by atoms with Crippen molar-refractivity contribution in [1.82, 2.24) is 0 Å². The van der Waals surface area contributed by atoms with Crippen LogP contribution in [0.1, 0.15) is 31.4 Å². The van der Waals surface area contributed by atoms with Gasteiger partial charge < -0.3 is 9.32 Å². The molecule has 280 valence electrons. The zero-order valence-corrected chi connectivity index (χ0v) is 33.1. The van der Waals surface area contributed by atoms with Gasteiger partial charge in [0.1, 0.15) is 16.9 Å². The van der Waals surface area contributed by atoms with E-state index in [0.29, 0.717) is 0 Å². The highest BCUT2D eigenvalue weighted by Crippen LogP contribution is 2.46. The molecule has 0 amide bonds. The lowest BCUT2D eigenvalue weighted by molar-refractivity contribution is 0.674. The van der Waals surface area contributed by atoms with Gasteiger partial charge in [-0.15, -0.1) is 0 Å². The zero-order valence-electron chi connectivity index (χ0n) is 33.1. The quantitative estimate of drug-likeness (QED) is 0.0829. The van der Waals surface area contributed by atoms with Gasteiger partial charge in [-0.25, -0.2) is 0 Å². The molecule has 1 aromatic heterocycles. The van der Waals surface area contributed by atoms with Gasteiger partial charge in [-0.3, -0.25) is 0 Å². The fourth-order valence-corrected chi connectivity index (χ4v) is 8.75. The highest BCUT2D eigenvalue weighted by Gasteiger charge is 2.26. The summed E-state index contributed by atoms with van der Waals surface area (Å²) in [6, 6.07) is 60.7. The van der Waals surface area contributed by atoms with Gasteiger partial charge in [0, 0.05) is 38.4 Å². The lowest BCUT2D eigenvalue weighted by Gasteiger charge is -2.32. The van der Waals surface area contributed by atoms with Gasteiger partial charge in [0.25, 0.3) is 0 Å². The summed E-state index contributed by atoms with van der Waals surface area (Å²) in [4.78, 5) is 2.38. The van der Waals surface area contributed by atoms with Gasteiger partial charge in [-0.05, 0) is 87.8 Å². The van der Waals surface area contributed by atoms with Crippen molar-refractivity contribution in [3.8, 4) is 22.3 Å². The van der Waals surface area contributed by atoms with E-state index in [2.05, 4.69) is 224 Å². The molecule has 0 bridgehead atoms. The standard InChI is InChI=1S/C57H41NO/c1-3-5-21-39(4-2)43-26-13-16-35-52(43)58(53-36-17-14-27-44(53)40-22-7-6-8-23-40)54-37-18-15-28-45(54)41-24-19-25-42(38-41)46-33-20-34-51-55-49-31-11-9-29-47(49)48-30-10-12-32-50(48)57(55)59-56(46)51/h3,5-17,19-36,38H,4H2,1-2H3/b5-3-,39-21+. The Hall–Kier alpha value is -7.60. The summed E-state index contributed by atoms with van der Waals surface area (Å²) in [5, 5.41) is 7.04. The first-order chi connectivity index (χ1) is 29.2. The molecular weight excluding hydrogens is 715 g/mol. The first kappa shape index (κ1) is 35.8. The van der Waals surface area contributed by atoms with Crippen molar-refractivity contribution in [2.45, 2.75) is 20.3 Å². The molecule has 0 spiro atoms. The van der Waals surface area contributed by atoms with Gasteiger partial charge in [0.2, 0.25) is 0 Å². The van der Waals surface area contributed by atoms with Crippen LogP contribution in [0.5, 0.6) is 0 Å². The van der Waals surface area contributed by atoms with Gasteiger partial charge in [0.05, 0.1) is 11.4 Å². The Kier molecular flexibility index (Phi) is 9.33. The summed E-state index contributed by atoms with van der Waals surface area (Å²) in [6.45, 7) is 4.28. The van der Waals surface area contributed by atoms with Crippen LogP contribution in [-0.2, 0) is 0 Å². The van der Waals surface area contributed by atoms with E-state index in [1.807, 2.05) is 6.08 Å². The minimum absolute atomic E-state index is 0.883. The van der Waals surface area contributed by atoms with E-state index < -0.39 is 0 Å². The Balaban J connectivity index is 1.16. The van der Waals surface area contributed by atoms with Gasteiger partial charge in [0.15, 0.2) is 0 Å². The number of nitrogens with zero attached hydrogens (tertiary/aromatic N) is 1. The van der Waals surface area contributed by atoms with Crippen LogP contribution in [0, 0.1) is 0 Å². The lowest BCUT2D eigenvalue weighted by Crippen LogP contribution is -2.20. The number of furan rings is 1.